The van der Waals surface area contributed by atoms with Crippen LogP contribution in [0.25, 0.3) is 0 Å². The van der Waals surface area contributed by atoms with Crippen LogP contribution in [0.1, 0.15) is 26.7 Å². The van der Waals surface area contributed by atoms with Gasteiger partial charge in [-0.1, -0.05) is 6.92 Å². The molecule has 64 valence electrons. The first-order valence-electron chi connectivity index (χ1n) is 4.47. The summed E-state index contributed by atoms with van der Waals surface area (Å²) in [5, 5.41) is 9.93. The van der Waals surface area contributed by atoms with Crippen LogP contribution in [-0.2, 0) is 4.74 Å². The van der Waals surface area contributed by atoms with Gasteiger partial charge in [0.15, 0.2) is 0 Å². The Bertz CT molecular complexity index is 169. The molecule has 0 bridgehead atoms. The second-order valence-electron chi connectivity index (χ2n) is 4.17. The summed E-state index contributed by atoms with van der Waals surface area (Å²) in [6.45, 7) is 4.96. The summed E-state index contributed by atoms with van der Waals surface area (Å²) in [7, 11) is 0. The van der Waals surface area contributed by atoms with E-state index in [2.05, 4.69) is 13.8 Å². The monoisotopic (exact) mass is 156 g/mol. The Morgan fingerprint density at radius 1 is 1.45 bits per heavy atom. The first kappa shape index (κ1) is 7.56. The van der Waals surface area contributed by atoms with Crippen LogP contribution in [0.4, 0.5) is 0 Å². The Morgan fingerprint density at radius 3 is 2.45 bits per heavy atom. The van der Waals surface area contributed by atoms with Crippen LogP contribution in [0.2, 0.25) is 0 Å². The molecule has 4 unspecified atom stereocenters. The van der Waals surface area contributed by atoms with Crippen LogP contribution in [0.15, 0.2) is 0 Å². The summed E-state index contributed by atoms with van der Waals surface area (Å²) < 4.78 is 5.42. The lowest BCUT2D eigenvalue weighted by molar-refractivity contribution is 0.0532. The largest absolute Gasteiger partial charge is 0.389 e. The molecular formula is C9H16O2. The molecule has 2 rings (SSSR count). The van der Waals surface area contributed by atoms with Crippen LogP contribution in [0.5, 0.6) is 0 Å². The summed E-state index contributed by atoms with van der Waals surface area (Å²) >= 11 is 0. The Kier molecular flexibility index (Phi) is 1.52. The van der Waals surface area contributed by atoms with Gasteiger partial charge in [0.25, 0.3) is 0 Å². The number of hydrogen-bond acceptors (Lipinski definition) is 2. The molecule has 0 radical (unpaired) electrons. The highest BCUT2D eigenvalue weighted by molar-refractivity contribution is 5.06. The second kappa shape index (κ2) is 2.20. The van der Waals surface area contributed by atoms with Gasteiger partial charge < -0.3 is 9.84 Å². The van der Waals surface area contributed by atoms with Gasteiger partial charge in [0, 0.05) is 5.92 Å². The molecule has 11 heavy (non-hydrogen) atoms. The fraction of sp³-hybridized carbons (Fsp3) is 1.00. The number of hydrogen-bond donors (Lipinski definition) is 1. The Hall–Kier alpha value is -0.0800. The lowest BCUT2D eigenvalue weighted by Crippen LogP contribution is -2.24. The fourth-order valence-corrected chi connectivity index (χ4v) is 2.17. The van der Waals surface area contributed by atoms with Crippen LogP contribution in [0.3, 0.4) is 0 Å². The van der Waals surface area contributed by atoms with E-state index in [4.69, 9.17) is 4.74 Å². The molecule has 2 nitrogen and oxygen atoms in total. The third kappa shape index (κ3) is 1.09. The first-order valence-corrected chi connectivity index (χ1v) is 4.47. The molecule has 0 aromatic heterocycles. The first-order chi connectivity index (χ1) is 5.13. The maximum atomic E-state index is 9.93. The smallest absolute Gasteiger partial charge is 0.0728 e. The maximum absolute atomic E-state index is 9.93. The molecule has 2 aliphatic rings. The van der Waals surface area contributed by atoms with Crippen LogP contribution < -0.4 is 0 Å². The molecule has 1 aliphatic heterocycles. The molecule has 2 fully saturated rings. The zero-order valence-corrected chi connectivity index (χ0v) is 7.21. The van der Waals surface area contributed by atoms with Crippen molar-refractivity contribution in [2.75, 3.05) is 6.61 Å². The predicted molar refractivity (Wildman–Crippen MR) is 42.3 cm³/mol. The van der Waals surface area contributed by atoms with Crippen LogP contribution in [0, 0.1) is 11.8 Å². The van der Waals surface area contributed by atoms with Gasteiger partial charge in [0.2, 0.25) is 0 Å². The van der Waals surface area contributed by atoms with Gasteiger partial charge in [0.1, 0.15) is 0 Å². The quantitative estimate of drug-likeness (QED) is 0.617. The third-order valence-electron chi connectivity index (χ3n) is 3.23. The maximum Gasteiger partial charge on any atom is 0.0728 e. The highest BCUT2D eigenvalue weighted by Crippen LogP contribution is 2.51. The normalized spacial score (nSPS) is 56.5. The van der Waals surface area contributed by atoms with E-state index in [1.165, 1.54) is 0 Å². The molecule has 4 atom stereocenters. The van der Waals surface area contributed by atoms with Gasteiger partial charge in [-0.2, -0.15) is 0 Å². The molecular weight excluding hydrogens is 140 g/mol. The fourth-order valence-electron chi connectivity index (χ4n) is 2.17. The van der Waals surface area contributed by atoms with E-state index in [9.17, 15) is 5.11 Å². The Morgan fingerprint density at radius 2 is 2.09 bits per heavy atom. The molecule has 0 spiro atoms. The van der Waals surface area contributed by atoms with Crippen molar-refractivity contribution in [2.45, 2.75) is 38.4 Å². The van der Waals surface area contributed by atoms with Gasteiger partial charge >= 0.3 is 0 Å². The van der Waals surface area contributed by atoms with Gasteiger partial charge in [-0.05, 0) is 25.7 Å². The molecule has 0 amide bonds. The van der Waals surface area contributed by atoms with Crippen molar-refractivity contribution in [3.05, 3.63) is 0 Å². The van der Waals surface area contributed by atoms with Gasteiger partial charge in [-0.15, -0.1) is 0 Å². The molecule has 2 heteroatoms. The summed E-state index contributed by atoms with van der Waals surface area (Å²) in [4.78, 5) is 0. The summed E-state index contributed by atoms with van der Waals surface area (Å²) in [5.74, 6) is 0.911. The van der Waals surface area contributed by atoms with E-state index < -0.39 is 0 Å². The topological polar surface area (TPSA) is 29.5 Å². The number of ether oxygens (including phenoxy) is 1. The minimum Gasteiger partial charge on any atom is -0.389 e. The molecule has 1 aliphatic carbocycles. The highest BCUT2D eigenvalue weighted by atomic mass is 16.5. The summed E-state index contributed by atoms with van der Waals surface area (Å²) in [6, 6.07) is 0. The lowest BCUT2D eigenvalue weighted by atomic mass is 9.96. The average Bonchev–Trinajstić information content (AvgIpc) is 2.44. The van der Waals surface area contributed by atoms with Crippen molar-refractivity contribution >= 4 is 0 Å². The van der Waals surface area contributed by atoms with E-state index in [1.807, 2.05) is 0 Å². The zero-order chi connectivity index (χ0) is 8.06. The van der Waals surface area contributed by atoms with Gasteiger partial charge in [0.05, 0.1) is 18.3 Å². The summed E-state index contributed by atoms with van der Waals surface area (Å²) in [6.07, 6.45) is 2.38. The SMILES string of the molecule is CC1CC(C2(O)CC2C)CO1. The molecule has 1 saturated heterocycles. The average molecular weight is 156 g/mol. The van der Waals surface area contributed by atoms with Crippen LogP contribution >= 0.6 is 0 Å². The standard InChI is InChI=1S/C9H16O2/c1-6-4-9(6,10)8-3-7(2)11-5-8/h6-8,10H,3-5H2,1-2H3. The minimum atomic E-state index is -0.356. The third-order valence-corrected chi connectivity index (χ3v) is 3.23. The van der Waals surface area contributed by atoms with Gasteiger partial charge in [-0.3, -0.25) is 0 Å². The van der Waals surface area contributed by atoms with Crippen molar-refractivity contribution in [2.24, 2.45) is 11.8 Å². The molecule has 0 aromatic carbocycles. The van der Waals surface area contributed by atoms with Gasteiger partial charge in [-0.25, -0.2) is 0 Å². The van der Waals surface area contributed by atoms with E-state index in [1.54, 1.807) is 0 Å². The van der Waals surface area contributed by atoms with Crippen LogP contribution in [-0.4, -0.2) is 23.4 Å². The molecule has 1 heterocycles. The minimum absolute atomic E-state index is 0.356. The second-order valence-corrected chi connectivity index (χ2v) is 4.17. The number of aliphatic hydroxyl groups is 1. The van der Waals surface area contributed by atoms with Crippen molar-refractivity contribution in [1.82, 2.24) is 0 Å². The Labute approximate surface area is 67.6 Å². The summed E-state index contributed by atoms with van der Waals surface area (Å²) in [5.41, 5.74) is -0.356. The number of rotatable bonds is 1. The van der Waals surface area contributed by atoms with Crippen molar-refractivity contribution in [3.63, 3.8) is 0 Å². The van der Waals surface area contributed by atoms with E-state index >= 15 is 0 Å². The predicted octanol–water partition coefficient (Wildman–Crippen LogP) is 1.18. The van der Waals surface area contributed by atoms with E-state index in [-0.39, 0.29) is 5.60 Å². The Balaban J connectivity index is 1.97. The van der Waals surface area contributed by atoms with Crippen molar-refractivity contribution in [1.29, 1.82) is 0 Å². The molecule has 1 saturated carbocycles. The molecule has 0 aromatic rings. The van der Waals surface area contributed by atoms with Crippen molar-refractivity contribution < 1.29 is 9.84 Å². The zero-order valence-electron chi connectivity index (χ0n) is 7.21. The van der Waals surface area contributed by atoms with Crippen molar-refractivity contribution in [3.8, 4) is 0 Å². The molecule has 1 N–H and O–H groups in total. The lowest BCUT2D eigenvalue weighted by Gasteiger charge is -2.15. The highest BCUT2D eigenvalue weighted by Gasteiger charge is 2.56. The van der Waals surface area contributed by atoms with E-state index in [0.29, 0.717) is 17.9 Å². The van der Waals surface area contributed by atoms with E-state index in [0.717, 1.165) is 19.4 Å².